The summed E-state index contributed by atoms with van der Waals surface area (Å²) in [6.07, 6.45) is 5.89. The Balaban J connectivity index is 1.02. The van der Waals surface area contributed by atoms with E-state index in [1.54, 1.807) is 30.6 Å². The Hall–Kier alpha value is -4.00. The molecule has 2 fully saturated rings. The second kappa shape index (κ2) is 12.0. The smallest absolute Gasteiger partial charge is 0.348 e. The van der Waals surface area contributed by atoms with E-state index in [1.165, 1.54) is 30.7 Å². The zero-order chi connectivity index (χ0) is 27.3. The summed E-state index contributed by atoms with van der Waals surface area (Å²) in [6.45, 7) is 7.55. The van der Waals surface area contributed by atoms with Crippen molar-refractivity contribution in [3.63, 3.8) is 0 Å². The molecule has 2 aliphatic rings. The van der Waals surface area contributed by atoms with Crippen molar-refractivity contribution >= 4 is 40.6 Å². The fourth-order valence-corrected chi connectivity index (χ4v) is 5.81. The fraction of sp³-hybridized carbons (Fsp3) is 0.357. The maximum Gasteiger partial charge on any atom is 0.348 e. The molecule has 12 heteroatoms. The number of nitrogens with zero attached hydrogens (tertiary/aromatic N) is 7. The van der Waals surface area contributed by atoms with E-state index in [4.69, 9.17) is 4.74 Å². The molecule has 6 heterocycles. The first kappa shape index (κ1) is 26.2. The molecule has 4 aromatic heterocycles. The van der Waals surface area contributed by atoms with Crippen LogP contribution in [-0.4, -0.2) is 86.1 Å². The Morgan fingerprint density at radius 2 is 1.93 bits per heavy atom. The number of rotatable bonds is 9. The zero-order valence-corrected chi connectivity index (χ0v) is 23.1. The van der Waals surface area contributed by atoms with Gasteiger partial charge in [-0.2, -0.15) is 4.98 Å². The van der Waals surface area contributed by atoms with Gasteiger partial charge in [0.1, 0.15) is 28.8 Å². The van der Waals surface area contributed by atoms with E-state index >= 15 is 0 Å². The molecule has 40 heavy (non-hydrogen) atoms. The standard InChI is InChI=1S/C28H31N9O2S/c1-19-4-2-6-22(31-19)26-29-9-7-24(34-26)33-25-8-10-30-28(35-25)32-20-16-23(40-18-20)27(38)39-15-14-36-12-13-37-11-3-5-21(37)17-36/h2,4,6-10,16,18,21H,3,5,11-15,17H2,1H3,(H2,29,30,32,33,34,35). The van der Waals surface area contributed by atoms with Crippen molar-refractivity contribution in [2.24, 2.45) is 0 Å². The van der Waals surface area contributed by atoms with E-state index in [2.05, 4.69) is 45.4 Å². The lowest BCUT2D eigenvalue weighted by Gasteiger charge is -2.37. The van der Waals surface area contributed by atoms with Crippen molar-refractivity contribution in [2.75, 3.05) is 50.0 Å². The van der Waals surface area contributed by atoms with Crippen LogP contribution in [0.25, 0.3) is 11.5 Å². The highest BCUT2D eigenvalue weighted by molar-refractivity contribution is 7.12. The average molecular weight is 558 g/mol. The average Bonchev–Trinajstić information content (AvgIpc) is 3.63. The summed E-state index contributed by atoms with van der Waals surface area (Å²) in [6, 6.07) is 11.7. The molecule has 6 rings (SSSR count). The molecule has 0 spiro atoms. The summed E-state index contributed by atoms with van der Waals surface area (Å²) in [5.41, 5.74) is 2.32. The van der Waals surface area contributed by atoms with Crippen LogP contribution < -0.4 is 10.6 Å². The van der Waals surface area contributed by atoms with Gasteiger partial charge in [-0.05, 0) is 56.6 Å². The molecule has 0 aromatic carbocycles. The van der Waals surface area contributed by atoms with Crippen molar-refractivity contribution < 1.29 is 9.53 Å². The summed E-state index contributed by atoms with van der Waals surface area (Å²) in [7, 11) is 0. The normalized spacial score (nSPS) is 17.4. The predicted octanol–water partition coefficient (Wildman–Crippen LogP) is 4.12. The highest BCUT2D eigenvalue weighted by Gasteiger charge is 2.30. The Morgan fingerprint density at radius 1 is 1.05 bits per heavy atom. The van der Waals surface area contributed by atoms with Gasteiger partial charge in [-0.15, -0.1) is 11.3 Å². The van der Waals surface area contributed by atoms with E-state index in [1.807, 2.05) is 30.5 Å². The Labute approximate surface area is 236 Å². The first-order valence-electron chi connectivity index (χ1n) is 13.5. The Morgan fingerprint density at radius 3 is 2.83 bits per heavy atom. The zero-order valence-electron chi connectivity index (χ0n) is 22.3. The predicted molar refractivity (Wildman–Crippen MR) is 154 cm³/mol. The minimum Gasteiger partial charge on any atom is -0.460 e. The topological polar surface area (TPSA) is 121 Å². The lowest BCUT2D eigenvalue weighted by molar-refractivity contribution is 0.0398. The SMILES string of the molecule is Cc1cccc(-c2nccc(Nc3ccnc(Nc4csc(C(=O)OCCN5CCN6CCCC6C5)c4)n3)n2)n1. The number of thiophene rings is 1. The van der Waals surface area contributed by atoms with Crippen molar-refractivity contribution in [1.29, 1.82) is 0 Å². The summed E-state index contributed by atoms with van der Waals surface area (Å²) < 4.78 is 5.57. The van der Waals surface area contributed by atoms with Crippen molar-refractivity contribution in [1.82, 2.24) is 34.7 Å². The van der Waals surface area contributed by atoms with Crippen LogP contribution in [0.2, 0.25) is 0 Å². The molecule has 2 aliphatic heterocycles. The maximum absolute atomic E-state index is 12.6. The fourth-order valence-electron chi connectivity index (χ4n) is 5.07. The number of hydrogen-bond acceptors (Lipinski definition) is 12. The number of esters is 1. The van der Waals surface area contributed by atoms with Gasteiger partial charge >= 0.3 is 5.97 Å². The van der Waals surface area contributed by atoms with E-state index in [0.717, 1.165) is 37.6 Å². The van der Waals surface area contributed by atoms with Gasteiger partial charge in [-0.25, -0.2) is 24.7 Å². The number of anilines is 4. The molecule has 1 unspecified atom stereocenters. The molecule has 0 amide bonds. The number of carbonyl (C=O) groups excluding carboxylic acids is 1. The van der Waals surface area contributed by atoms with Crippen LogP contribution in [0.1, 0.15) is 28.2 Å². The number of fused-ring (bicyclic) bond motifs is 1. The molecule has 0 saturated carbocycles. The van der Waals surface area contributed by atoms with Crippen LogP contribution in [0.3, 0.4) is 0 Å². The number of aryl methyl sites for hydroxylation is 1. The number of carbonyl (C=O) groups is 1. The maximum atomic E-state index is 12.6. The summed E-state index contributed by atoms with van der Waals surface area (Å²) in [5.74, 6) is 1.76. The molecule has 11 nitrogen and oxygen atoms in total. The van der Waals surface area contributed by atoms with Gasteiger partial charge in [0.05, 0.1) is 5.69 Å². The van der Waals surface area contributed by atoms with Gasteiger partial charge in [0.15, 0.2) is 5.82 Å². The molecule has 0 bridgehead atoms. The quantitative estimate of drug-likeness (QED) is 0.289. The highest BCUT2D eigenvalue weighted by atomic mass is 32.1. The summed E-state index contributed by atoms with van der Waals surface area (Å²) in [4.78, 5) is 40.4. The molecular formula is C28H31N9O2S. The summed E-state index contributed by atoms with van der Waals surface area (Å²) >= 11 is 1.33. The van der Waals surface area contributed by atoms with Crippen molar-refractivity contribution in [2.45, 2.75) is 25.8 Å². The van der Waals surface area contributed by atoms with E-state index in [-0.39, 0.29) is 5.97 Å². The number of ether oxygens (including phenoxy) is 1. The van der Waals surface area contributed by atoms with Crippen molar-refractivity contribution in [3.05, 3.63) is 64.7 Å². The molecule has 1 atom stereocenters. The number of pyridine rings is 1. The number of hydrogen-bond donors (Lipinski definition) is 2. The summed E-state index contributed by atoms with van der Waals surface area (Å²) in [5, 5.41) is 8.21. The van der Waals surface area contributed by atoms with Crippen LogP contribution >= 0.6 is 11.3 Å². The minimum atomic E-state index is -0.309. The van der Waals surface area contributed by atoms with Gasteiger partial charge < -0.3 is 15.4 Å². The van der Waals surface area contributed by atoms with Crippen LogP contribution in [0.4, 0.5) is 23.3 Å². The third kappa shape index (κ3) is 6.41. The molecule has 0 aliphatic carbocycles. The van der Waals surface area contributed by atoms with Gasteiger partial charge in [0, 0.05) is 55.7 Å². The second-order valence-corrected chi connectivity index (χ2v) is 10.8. The van der Waals surface area contributed by atoms with Crippen LogP contribution in [0.5, 0.6) is 0 Å². The van der Waals surface area contributed by atoms with Crippen LogP contribution in [0, 0.1) is 6.92 Å². The number of piperazine rings is 1. The third-order valence-electron chi connectivity index (χ3n) is 7.05. The minimum absolute atomic E-state index is 0.309. The second-order valence-electron chi connectivity index (χ2n) is 9.91. The van der Waals surface area contributed by atoms with E-state index in [0.29, 0.717) is 46.6 Å². The third-order valence-corrected chi connectivity index (χ3v) is 7.96. The molecule has 2 saturated heterocycles. The van der Waals surface area contributed by atoms with Gasteiger partial charge in [-0.1, -0.05) is 6.07 Å². The molecule has 2 N–H and O–H groups in total. The highest BCUT2D eigenvalue weighted by Crippen LogP contribution is 2.24. The van der Waals surface area contributed by atoms with Gasteiger partial charge in [0.2, 0.25) is 5.95 Å². The number of nitrogens with one attached hydrogen (secondary N) is 2. The van der Waals surface area contributed by atoms with Gasteiger partial charge in [0.25, 0.3) is 0 Å². The monoisotopic (exact) mass is 557 g/mol. The first-order chi connectivity index (χ1) is 19.6. The Bertz CT molecular complexity index is 1480. The van der Waals surface area contributed by atoms with Gasteiger partial charge in [-0.3, -0.25) is 9.80 Å². The first-order valence-corrected chi connectivity index (χ1v) is 14.3. The van der Waals surface area contributed by atoms with Crippen LogP contribution in [-0.2, 0) is 4.74 Å². The van der Waals surface area contributed by atoms with E-state index < -0.39 is 0 Å². The van der Waals surface area contributed by atoms with Crippen molar-refractivity contribution in [3.8, 4) is 11.5 Å². The largest absolute Gasteiger partial charge is 0.460 e. The lowest BCUT2D eigenvalue weighted by Crippen LogP contribution is -2.50. The molecule has 206 valence electrons. The molecular weight excluding hydrogens is 526 g/mol. The lowest BCUT2D eigenvalue weighted by atomic mass is 10.1. The molecule has 0 radical (unpaired) electrons. The van der Waals surface area contributed by atoms with E-state index in [9.17, 15) is 4.79 Å². The molecule has 4 aromatic rings. The number of aromatic nitrogens is 5. The van der Waals surface area contributed by atoms with Crippen LogP contribution in [0.15, 0.2) is 54.2 Å². The Kier molecular flexibility index (Phi) is 7.89.